The second-order valence-electron chi connectivity index (χ2n) is 4.02. The zero-order chi connectivity index (χ0) is 11.6. The fourth-order valence-electron chi connectivity index (χ4n) is 1.09. The van der Waals surface area contributed by atoms with Crippen LogP contribution in [0.2, 0.25) is 10.0 Å². The Bertz CT molecular complexity index is 362. The largest absolute Gasteiger partial charge is 0.319 e. The number of carbonyl (C=O) groups is 1. The summed E-state index contributed by atoms with van der Waals surface area (Å²) in [6, 6.07) is 5.16. The third-order valence-corrected chi connectivity index (χ3v) is 2.83. The highest BCUT2D eigenvalue weighted by Gasteiger charge is 2.23. The summed E-state index contributed by atoms with van der Waals surface area (Å²) in [5, 5.41) is 1.00. The van der Waals surface area contributed by atoms with Gasteiger partial charge in [0.1, 0.15) is 0 Å². The zero-order valence-electron chi connectivity index (χ0n) is 8.68. The van der Waals surface area contributed by atoms with Crippen molar-refractivity contribution in [3.8, 4) is 0 Å². The first kappa shape index (κ1) is 12.5. The van der Waals surface area contributed by atoms with Gasteiger partial charge in [0.05, 0.1) is 5.54 Å². The van der Waals surface area contributed by atoms with Crippen LogP contribution in [0.1, 0.15) is 19.4 Å². The quantitative estimate of drug-likeness (QED) is 0.891. The van der Waals surface area contributed by atoms with Crippen LogP contribution in [0.25, 0.3) is 0 Å². The molecule has 0 aliphatic carbocycles. The number of halogens is 2. The smallest absolute Gasteiger partial charge is 0.156 e. The van der Waals surface area contributed by atoms with Gasteiger partial charge in [-0.3, -0.25) is 4.79 Å². The van der Waals surface area contributed by atoms with Gasteiger partial charge in [0.15, 0.2) is 5.78 Å². The van der Waals surface area contributed by atoms with Crippen LogP contribution in [0, 0.1) is 0 Å². The molecular weight excluding hydrogens is 233 g/mol. The summed E-state index contributed by atoms with van der Waals surface area (Å²) in [5.74, 6) is -0.0856. The normalized spacial score (nSPS) is 11.5. The van der Waals surface area contributed by atoms with E-state index in [0.717, 1.165) is 0 Å². The monoisotopic (exact) mass is 245 g/mol. The second-order valence-corrected chi connectivity index (χ2v) is 4.84. The Labute approximate surface area is 99.4 Å². The number of benzene rings is 1. The van der Waals surface area contributed by atoms with Crippen molar-refractivity contribution in [2.24, 2.45) is 5.73 Å². The summed E-state index contributed by atoms with van der Waals surface area (Å²) in [7, 11) is 0. The number of nitrogens with two attached hydrogens (primary N) is 1. The SMILES string of the molecule is CC(C)(N)C(=O)Cc1c(Cl)cccc1Cl. The average molecular weight is 246 g/mol. The van der Waals surface area contributed by atoms with Gasteiger partial charge < -0.3 is 5.73 Å². The molecule has 0 atom stereocenters. The molecule has 0 heterocycles. The minimum atomic E-state index is -0.859. The number of Topliss-reactive ketones (excluding diaryl/α,β-unsaturated/α-hetero) is 1. The molecule has 0 aromatic heterocycles. The second kappa shape index (κ2) is 4.52. The van der Waals surface area contributed by atoms with E-state index in [4.69, 9.17) is 28.9 Å². The Morgan fingerprint density at radius 1 is 1.33 bits per heavy atom. The van der Waals surface area contributed by atoms with E-state index in [9.17, 15) is 4.79 Å². The van der Waals surface area contributed by atoms with E-state index in [1.54, 1.807) is 32.0 Å². The topological polar surface area (TPSA) is 43.1 Å². The predicted molar refractivity (Wildman–Crippen MR) is 63.4 cm³/mol. The maximum Gasteiger partial charge on any atom is 0.156 e. The van der Waals surface area contributed by atoms with Gasteiger partial charge in [-0.15, -0.1) is 0 Å². The van der Waals surface area contributed by atoms with Crippen molar-refractivity contribution < 1.29 is 4.79 Å². The summed E-state index contributed by atoms with van der Waals surface area (Å²) in [4.78, 5) is 11.7. The Morgan fingerprint density at radius 2 is 1.80 bits per heavy atom. The van der Waals surface area contributed by atoms with E-state index in [1.165, 1.54) is 0 Å². The van der Waals surface area contributed by atoms with Gasteiger partial charge in [-0.25, -0.2) is 0 Å². The number of ketones is 1. The summed E-state index contributed by atoms with van der Waals surface area (Å²) < 4.78 is 0. The number of hydrogen-bond acceptors (Lipinski definition) is 2. The Balaban J connectivity index is 2.95. The van der Waals surface area contributed by atoms with Crippen molar-refractivity contribution in [2.75, 3.05) is 0 Å². The minimum Gasteiger partial charge on any atom is -0.319 e. The molecule has 0 aliphatic rings. The number of rotatable bonds is 3. The fraction of sp³-hybridized carbons (Fsp3) is 0.364. The maximum atomic E-state index is 11.7. The van der Waals surface area contributed by atoms with E-state index in [-0.39, 0.29) is 12.2 Å². The van der Waals surface area contributed by atoms with Crippen molar-refractivity contribution in [1.82, 2.24) is 0 Å². The van der Waals surface area contributed by atoms with Crippen molar-refractivity contribution in [3.63, 3.8) is 0 Å². The molecular formula is C11H13Cl2NO. The number of hydrogen-bond donors (Lipinski definition) is 1. The molecule has 2 N–H and O–H groups in total. The molecule has 2 nitrogen and oxygen atoms in total. The van der Waals surface area contributed by atoms with Crippen molar-refractivity contribution >= 4 is 29.0 Å². The van der Waals surface area contributed by atoms with E-state index >= 15 is 0 Å². The van der Waals surface area contributed by atoms with Crippen LogP contribution < -0.4 is 5.73 Å². The third-order valence-electron chi connectivity index (χ3n) is 2.12. The maximum absolute atomic E-state index is 11.7. The summed E-state index contributed by atoms with van der Waals surface area (Å²) in [5.41, 5.74) is 5.48. The van der Waals surface area contributed by atoms with Gasteiger partial charge in [-0.2, -0.15) is 0 Å². The molecule has 0 unspecified atom stereocenters. The molecule has 0 fully saturated rings. The zero-order valence-corrected chi connectivity index (χ0v) is 10.2. The van der Waals surface area contributed by atoms with Crippen LogP contribution in [0.4, 0.5) is 0 Å². The van der Waals surface area contributed by atoms with Crippen LogP contribution >= 0.6 is 23.2 Å². The van der Waals surface area contributed by atoms with Crippen LogP contribution in [0.15, 0.2) is 18.2 Å². The van der Waals surface area contributed by atoms with Gasteiger partial charge in [-0.1, -0.05) is 29.3 Å². The Hall–Kier alpha value is -0.570. The molecule has 0 spiro atoms. The van der Waals surface area contributed by atoms with E-state index in [2.05, 4.69) is 0 Å². The van der Waals surface area contributed by atoms with Crippen molar-refractivity contribution in [3.05, 3.63) is 33.8 Å². The van der Waals surface area contributed by atoms with Gasteiger partial charge in [0.2, 0.25) is 0 Å². The fourth-order valence-corrected chi connectivity index (χ4v) is 1.62. The molecule has 1 aromatic carbocycles. The highest BCUT2D eigenvalue weighted by Crippen LogP contribution is 2.25. The number of carbonyl (C=O) groups excluding carboxylic acids is 1. The molecule has 1 aromatic rings. The first-order chi connectivity index (χ1) is 6.82. The molecule has 1 rings (SSSR count). The molecule has 15 heavy (non-hydrogen) atoms. The Kier molecular flexibility index (Phi) is 3.77. The molecule has 0 saturated heterocycles. The van der Waals surface area contributed by atoms with E-state index in [1.807, 2.05) is 0 Å². The summed E-state index contributed by atoms with van der Waals surface area (Å²) in [6.45, 7) is 3.33. The first-order valence-corrected chi connectivity index (χ1v) is 5.33. The molecule has 0 aliphatic heterocycles. The minimum absolute atomic E-state index is 0.0856. The third kappa shape index (κ3) is 3.20. The predicted octanol–water partition coefficient (Wildman–Crippen LogP) is 2.84. The van der Waals surface area contributed by atoms with Crippen LogP contribution in [0.5, 0.6) is 0 Å². The van der Waals surface area contributed by atoms with Crippen LogP contribution in [0.3, 0.4) is 0 Å². The van der Waals surface area contributed by atoms with E-state index in [0.29, 0.717) is 15.6 Å². The summed E-state index contributed by atoms with van der Waals surface area (Å²) in [6.07, 6.45) is 0.169. The van der Waals surface area contributed by atoms with E-state index < -0.39 is 5.54 Å². The molecule has 4 heteroatoms. The van der Waals surface area contributed by atoms with Gasteiger partial charge >= 0.3 is 0 Å². The lowest BCUT2D eigenvalue weighted by Gasteiger charge is -2.17. The first-order valence-electron chi connectivity index (χ1n) is 4.57. The lowest BCUT2D eigenvalue weighted by Crippen LogP contribution is -2.42. The highest BCUT2D eigenvalue weighted by molar-refractivity contribution is 6.36. The molecule has 0 radical (unpaired) electrons. The lowest BCUT2D eigenvalue weighted by atomic mass is 9.95. The lowest BCUT2D eigenvalue weighted by molar-refractivity contribution is -0.122. The highest BCUT2D eigenvalue weighted by atomic mass is 35.5. The van der Waals surface area contributed by atoms with Gasteiger partial charge in [0.25, 0.3) is 0 Å². The molecule has 0 bridgehead atoms. The van der Waals surface area contributed by atoms with Crippen LogP contribution in [-0.2, 0) is 11.2 Å². The van der Waals surface area contributed by atoms with Gasteiger partial charge in [-0.05, 0) is 31.5 Å². The van der Waals surface area contributed by atoms with Crippen LogP contribution in [-0.4, -0.2) is 11.3 Å². The molecule has 0 saturated carbocycles. The van der Waals surface area contributed by atoms with Crippen molar-refractivity contribution in [2.45, 2.75) is 25.8 Å². The molecule has 0 amide bonds. The standard InChI is InChI=1S/C11H13Cl2NO/c1-11(2,14)10(15)6-7-8(12)4-3-5-9(7)13/h3-5H,6,14H2,1-2H3. The average Bonchev–Trinajstić information content (AvgIpc) is 2.09. The van der Waals surface area contributed by atoms with Crippen molar-refractivity contribution in [1.29, 1.82) is 0 Å². The summed E-state index contributed by atoms with van der Waals surface area (Å²) >= 11 is 11.9. The van der Waals surface area contributed by atoms with Gasteiger partial charge in [0, 0.05) is 16.5 Å². The molecule has 82 valence electrons. The Morgan fingerprint density at radius 3 is 2.20 bits per heavy atom.